The van der Waals surface area contributed by atoms with Crippen molar-refractivity contribution in [1.82, 2.24) is 10.2 Å². The van der Waals surface area contributed by atoms with Gasteiger partial charge in [-0.25, -0.2) is 8.78 Å². The predicted octanol–water partition coefficient (Wildman–Crippen LogP) is 3.41. The van der Waals surface area contributed by atoms with E-state index in [0.717, 1.165) is 12.8 Å². The third-order valence-corrected chi connectivity index (χ3v) is 5.56. The minimum Gasteiger partial charge on any atom is -0.313 e. The molecule has 3 unspecified atom stereocenters. The van der Waals surface area contributed by atoms with E-state index in [-0.39, 0.29) is 6.04 Å². The zero-order valence-electron chi connectivity index (χ0n) is 13.0. The number of hydrogen-bond donors (Lipinski definition) is 1. The molecule has 2 bridgehead atoms. The summed E-state index contributed by atoms with van der Waals surface area (Å²) < 4.78 is 28.2. The summed E-state index contributed by atoms with van der Waals surface area (Å²) in [5.74, 6) is -1.01. The van der Waals surface area contributed by atoms with Crippen molar-refractivity contribution in [2.75, 3.05) is 14.1 Å². The molecule has 2 heterocycles. The molecule has 1 N–H and O–H groups in total. The first kappa shape index (κ1) is 14.9. The summed E-state index contributed by atoms with van der Waals surface area (Å²) in [6, 6.07) is 4.53. The number of fused-ring (bicyclic) bond motifs is 2. The monoisotopic (exact) mass is 294 g/mol. The Balaban J connectivity index is 1.88. The van der Waals surface area contributed by atoms with Crippen LogP contribution in [0.15, 0.2) is 12.1 Å². The highest BCUT2D eigenvalue weighted by molar-refractivity contribution is 5.28. The van der Waals surface area contributed by atoms with Gasteiger partial charge in [0.05, 0.1) is 0 Å². The zero-order valence-corrected chi connectivity index (χ0v) is 13.0. The molecule has 0 aliphatic carbocycles. The van der Waals surface area contributed by atoms with Gasteiger partial charge in [-0.3, -0.25) is 0 Å². The van der Waals surface area contributed by atoms with Gasteiger partial charge in [-0.1, -0.05) is 12.1 Å². The maximum absolute atomic E-state index is 14.3. The second-order valence-corrected chi connectivity index (χ2v) is 6.65. The topological polar surface area (TPSA) is 15.3 Å². The lowest BCUT2D eigenvalue weighted by atomic mass is 9.81. The van der Waals surface area contributed by atoms with Crippen molar-refractivity contribution >= 4 is 0 Å². The Bertz CT molecular complexity index is 518. The highest BCUT2D eigenvalue weighted by Gasteiger charge is 2.41. The number of rotatable bonds is 3. The van der Waals surface area contributed by atoms with Crippen molar-refractivity contribution < 1.29 is 8.78 Å². The molecule has 3 atom stereocenters. The van der Waals surface area contributed by atoms with E-state index in [1.165, 1.54) is 12.8 Å². The van der Waals surface area contributed by atoms with E-state index in [1.54, 1.807) is 19.1 Å². The van der Waals surface area contributed by atoms with Crippen molar-refractivity contribution in [3.8, 4) is 0 Å². The highest BCUT2D eigenvalue weighted by Crippen LogP contribution is 2.43. The van der Waals surface area contributed by atoms with E-state index in [4.69, 9.17) is 0 Å². The molecule has 0 aromatic heterocycles. The van der Waals surface area contributed by atoms with Crippen molar-refractivity contribution in [2.45, 2.75) is 50.7 Å². The number of hydrogen-bond acceptors (Lipinski definition) is 2. The second kappa shape index (κ2) is 5.65. The molecule has 116 valence electrons. The Labute approximate surface area is 125 Å². The summed E-state index contributed by atoms with van der Waals surface area (Å²) in [5.41, 5.74) is 0.851. The molecule has 3 rings (SSSR count). The van der Waals surface area contributed by atoms with Crippen LogP contribution in [0.25, 0.3) is 0 Å². The Hall–Kier alpha value is -1.00. The standard InChI is InChI=1S/C17H24F2N2/c1-10-4-7-14(16(19)15(10)18)17(20-2)11-8-12-5-6-13(9-11)21(12)3/h4,7,11-13,17,20H,5-6,8-9H2,1-3H3. The SMILES string of the molecule is CNC(c1ccc(C)c(F)c1F)C1CC2CCC(C1)N2C. The molecule has 1 aromatic rings. The molecule has 2 fully saturated rings. The van der Waals surface area contributed by atoms with Crippen LogP contribution >= 0.6 is 0 Å². The van der Waals surface area contributed by atoms with Crippen LogP contribution in [0.4, 0.5) is 8.78 Å². The minimum absolute atomic E-state index is 0.100. The molecule has 0 radical (unpaired) electrons. The van der Waals surface area contributed by atoms with Crippen LogP contribution in [0.2, 0.25) is 0 Å². The molecule has 0 saturated carbocycles. The summed E-state index contributed by atoms with van der Waals surface area (Å²) in [6.07, 6.45) is 4.60. The number of nitrogens with zero attached hydrogens (tertiary/aromatic N) is 1. The molecule has 2 nitrogen and oxygen atoms in total. The molecule has 2 saturated heterocycles. The van der Waals surface area contributed by atoms with Gasteiger partial charge in [0, 0.05) is 23.7 Å². The Morgan fingerprint density at radius 2 is 1.76 bits per heavy atom. The van der Waals surface area contributed by atoms with Gasteiger partial charge in [0.2, 0.25) is 0 Å². The maximum Gasteiger partial charge on any atom is 0.163 e. The molecule has 2 aliphatic heterocycles. The lowest BCUT2D eigenvalue weighted by Gasteiger charge is -2.40. The van der Waals surface area contributed by atoms with Crippen molar-refractivity contribution in [3.05, 3.63) is 34.9 Å². The first-order chi connectivity index (χ1) is 10.0. The van der Waals surface area contributed by atoms with Gasteiger partial charge in [0.15, 0.2) is 11.6 Å². The van der Waals surface area contributed by atoms with E-state index in [9.17, 15) is 8.78 Å². The minimum atomic E-state index is -0.705. The van der Waals surface area contributed by atoms with Gasteiger partial charge in [0.1, 0.15) is 0 Å². The lowest BCUT2D eigenvalue weighted by Crippen LogP contribution is -2.43. The number of nitrogens with one attached hydrogen (secondary N) is 1. The van der Waals surface area contributed by atoms with Crippen LogP contribution < -0.4 is 5.32 Å². The first-order valence-corrected chi connectivity index (χ1v) is 7.86. The van der Waals surface area contributed by atoms with Crippen LogP contribution in [0.5, 0.6) is 0 Å². The Kier molecular flexibility index (Phi) is 4.02. The second-order valence-electron chi connectivity index (χ2n) is 6.65. The van der Waals surface area contributed by atoms with Crippen LogP contribution in [-0.4, -0.2) is 31.1 Å². The maximum atomic E-state index is 14.3. The third kappa shape index (κ3) is 2.49. The van der Waals surface area contributed by atoms with Crippen molar-refractivity contribution in [2.24, 2.45) is 5.92 Å². The molecule has 0 spiro atoms. The van der Waals surface area contributed by atoms with E-state index in [0.29, 0.717) is 29.1 Å². The van der Waals surface area contributed by atoms with E-state index >= 15 is 0 Å². The van der Waals surface area contributed by atoms with Gasteiger partial charge < -0.3 is 10.2 Å². The largest absolute Gasteiger partial charge is 0.313 e. The molecule has 4 heteroatoms. The molecule has 0 amide bonds. The third-order valence-electron chi connectivity index (χ3n) is 5.56. The average molecular weight is 294 g/mol. The van der Waals surface area contributed by atoms with Gasteiger partial charge in [-0.15, -0.1) is 0 Å². The fraction of sp³-hybridized carbons (Fsp3) is 0.647. The van der Waals surface area contributed by atoms with Crippen molar-refractivity contribution in [1.29, 1.82) is 0 Å². The average Bonchev–Trinajstić information content (AvgIpc) is 2.70. The fourth-order valence-electron chi connectivity index (χ4n) is 4.27. The fourth-order valence-corrected chi connectivity index (χ4v) is 4.27. The Morgan fingerprint density at radius 1 is 1.14 bits per heavy atom. The predicted molar refractivity (Wildman–Crippen MR) is 80.2 cm³/mol. The highest BCUT2D eigenvalue weighted by atomic mass is 19.2. The van der Waals surface area contributed by atoms with E-state index in [1.807, 2.05) is 7.05 Å². The molecular formula is C17H24F2N2. The number of aryl methyl sites for hydroxylation is 1. The van der Waals surface area contributed by atoms with Gasteiger partial charge in [-0.2, -0.15) is 0 Å². The molecular weight excluding hydrogens is 270 g/mol. The summed E-state index contributed by atoms with van der Waals surface area (Å²) in [5, 5.41) is 3.23. The number of halogens is 2. The number of piperidine rings is 1. The zero-order chi connectivity index (χ0) is 15.1. The Morgan fingerprint density at radius 3 is 2.33 bits per heavy atom. The summed E-state index contributed by atoms with van der Waals surface area (Å²) in [7, 11) is 4.04. The summed E-state index contributed by atoms with van der Waals surface area (Å²) in [6.45, 7) is 1.60. The van der Waals surface area contributed by atoms with E-state index in [2.05, 4.69) is 17.3 Å². The van der Waals surface area contributed by atoms with Crippen LogP contribution in [0.3, 0.4) is 0 Å². The normalized spacial score (nSPS) is 30.6. The molecule has 21 heavy (non-hydrogen) atoms. The van der Waals surface area contributed by atoms with Crippen LogP contribution in [-0.2, 0) is 0 Å². The first-order valence-electron chi connectivity index (χ1n) is 7.86. The summed E-state index contributed by atoms with van der Waals surface area (Å²) >= 11 is 0. The van der Waals surface area contributed by atoms with Crippen LogP contribution in [0.1, 0.15) is 42.9 Å². The molecule has 2 aliphatic rings. The van der Waals surface area contributed by atoms with Gasteiger partial charge in [-0.05, 0) is 58.2 Å². The quantitative estimate of drug-likeness (QED) is 0.919. The van der Waals surface area contributed by atoms with Crippen molar-refractivity contribution in [3.63, 3.8) is 0 Å². The number of benzene rings is 1. The van der Waals surface area contributed by atoms with Gasteiger partial charge >= 0.3 is 0 Å². The summed E-state index contributed by atoms with van der Waals surface area (Å²) in [4.78, 5) is 2.47. The lowest BCUT2D eigenvalue weighted by molar-refractivity contribution is 0.113. The van der Waals surface area contributed by atoms with Gasteiger partial charge in [0.25, 0.3) is 0 Å². The molecule has 1 aromatic carbocycles. The smallest absolute Gasteiger partial charge is 0.163 e. The van der Waals surface area contributed by atoms with Crippen LogP contribution in [0, 0.1) is 24.5 Å². The van der Waals surface area contributed by atoms with E-state index < -0.39 is 11.6 Å².